The minimum atomic E-state index is -0.753. The van der Waals surface area contributed by atoms with Crippen molar-refractivity contribution in [2.24, 2.45) is 0 Å². The lowest BCUT2D eigenvalue weighted by Crippen LogP contribution is -2.30. The first-order valence-electron chi connectivity index (χ1n) is 8.56. The number of carbonyl (C=O) groups is 1. The third-order valence-electron chi connectivity index (χ3n) is 3.78. The number of hydrogen-bond donors (Lipinski definition) is 1. The fraction of sp³-hybridized carbons (Fsp3) is 0.143. The number of aromatic nitrogens is 1. The van der Waals surface area contributed by atoms with Crippen molar-refractivity contribution < 1.29 is 14.3 Å². The lowest BCUT2D eigenvalue weighted by Gasteiger charge is -2.16. The van der Waals surface area contributed by atoms with Gasteiger partial charge in [-0.1, -0.05) is 35.3 Å². The highest BCUT2D eigenvalue weighted by Gasteiger charge is 2.16. The first-order chi connectivity index (χ1) is 13.5. The molecule has 144 valence electrons. The van der Waals surface area contributed by atoms with E-state index in [1.165, 1.54) is 0 Å². The molecule has 2 aromatic carbocycles. The summed E-state index contributed by atoms with van der Waals surface area (Å²) in [5, 5.41) is 3.64. The van der Waals surface area contributed by atoms with E-state index in [1.54, 1.807) is 49.5 Å². The average molecular weight is 417 g/mol. The number of halogens is 2. The predicted octanol–water partition coefficient (Wildman–Crippen LogP) is 5.37. The molecular formula is C21H18Cl2N2O3. The molecule has 7 heteroatoms. The highest BCUT2D eigenvalue weighted by Crippen LogP contribution is 2.28. The number of nitrogens with one attached hydrogen (secondary N) is 1. The quantitative estimate of drug-likeness (QED) is 0.561. The molecule has 1 unspecified atom stereocenters. The summed E-state index contributed by atoms with van der Waals surface area (Å²) in [7, 11) is 0. The molecule has 1 N–H and O–H groups in total. The molecule has 3 rings (SSSR count). The predicted molar refractivity (Wildman–Crippen MR) is 110 cm³/mol. The van der Waals surface area contributed by atoms with Crippen LogP contribution < -0.4 is 14.8 Å². The maximum Gasteiger partial charge on any atom is 0.265 e. The molecule has 28 heavy (non-hydrogen) atoms. The second-order valence-corrected chi connectivity index (χ2v) is 6.81. The Bertz CT molecular complexity index is 951. The van der Waals surface area contributed by atoms with Crippen LogP contribution in [0.25, 0.3) is 0 Å². The van der Waals surface area contributed by atoms with Gasteiger partial charge in [0.2, 0.25) is 0 Å². The normalized spacial score (nSPS) is 11.5. The number of benzene rings is 2. The minimum Gasteiger partial charge on any atom is -0.487 e. The van der Waals surface area contributed by atoms with Crippen LogP contribution in [0.2, 0.25) is 10.0 Å². The van der Waals surface area contributed by atoms with Gasteiger partial charge >= 0.3 is 0 Å². The number of nitrogens with zero attached hydrogens (tertiary/aromatic N) is 1. The van der Waals surface area contributed by atoms with E-state index in [4.69, 9.17) is 32.7 Å². The zero-order chi connectivity index (χ0) is 19.9. The summed E-state index contributed by atoms with van der Waals surface area (Å²) in [5.41, 5.74) is 1.42. The van der Waals surface area contributed by atoms with Crippen molar-refractivity contribution in [2.45, 2.75) is 19.6 Å². The number of pyridine rings is 1. The molecule has 0 aliphatic heterocycles. The Morgan fingerprint density at radius 2 is 1.96 bits per heavy atom. The topological polar surface area (TPSA) is 60.5 Å². The van der Waals surface area contributed by atoms with Gasteiger partial charge in [0.25, 0.3) is 5.91 Å². The SMILES string of the molecule is CC(Oc1ccc(Cl)cc1Cl)C(=O)Nc1cccc(OCc2ccccn2)c1. The Morgan fingerprint density at radius 3 is 2.71 bits per heavy atom. The van der Waals surface area contributed by atoms with Gasteiger partial charge in [0.1, 0.15) is 18.1 Å². The van der Waals surface area contributed by atoms with E-state index in [1.807, 2.05) is 24.3 Å². The van der Waals surface area contributed by atoms with Crippen molar-refractivity contribution in [3.05, 3.63) is 82.6 Å². The van der Waals surface area contributed by atoms with Gasteiger partial charge in [0.15, 0.2) is 6.10 Å². The molecule has 1 heterocycles. The summed E-state index contributed by atoms with van der Waals surface area (Å²) in [6.45, 7) is 1.98. The summed E-state index contributed by atoms with van der Waals surface area (Å²) < 4.78 is 11.3. The number of rotatable bonds is 7. The zero-order valence-corrected chi connectivity index (χ0v) is 16.6. The van der Waals surface area contributed by atoms with Crippen molar-refractivity contribution in [3.63, 3.8) is 0 Å². The first-order valence-corrected chi connectivity index (χ1v) is 9.32. The van der Waals surface area contributed by atoms with E-state index in [2.05, 4.69) is 10.3 Å². The van der Waals surface area contributed by atoms with E-state index in [-0.39, 0.29) is 5.91 Å². The third-order valence-corrected chi connectivity index (χ3v) is 4.31. The molecular weight excluding hydrogens is 399 g/mol. The van der Waals surface area contributed by atoms with E-state index in [0.29, 0.717) is 33.8 Å². The van der Waals surface area contributed by atoms with Crippen molar-refractivity contribution in [2.75, 3.05) is 5.32 Å². The lowest BCUT2D eigenvalue weighted by molar-refractivity contribution is -0.122. The minimum absolute atomic E-state index is 0.312. The molecule has 0 saturated carbocycles. The number of hydrogen-bond acceptors (Lipinski definition) is 4. The second kappa shape index (κ2) is 9.44. The molecule has 0 spiro atoms. The van der Waals surface area contributed by atoms with Crippen LogP contribution in [-0.4, -0.2) is 17.0 Å². The van der Waals surface area contributed by atoms with Crippen LogP contribution in [0, 0.1) is 0 Å². The second-order valence-electron chi connectivity index (χ2n) is 5.96. The Labute approximate surface area is 173 Å². The fourth-order valence-corrected chi connectivity index (χ4v) is 2.82. The van der Waals surface area contributed by atoms with Crippen molar-refractivity contribution in [3.8, 4) is 11.5 Å². The molecule has 1 aromatic heterocycles. The van der Waals surface area contributed by atoms with Gasteiger partial charge in [-0.2, -0.15) is 0 Å². The highest BCUT2D eigenvalue weighted by atomic mass is 35.5. The summed E-state index contributed by atoms with van der Waals surface area (Å²) in [5.74, 6) is 0.701. The third kappa shape index (κ3) is 5.62. The molecule has 1 atom stereocenters. The van der Waals surface area contributed by atoms with Gasteiger partial charge in [-0.3, -0.25) is 9.78 Å². The molecule has 0 bridgehead atoms. The Hall–Kier alpha value is -2.76. The number of ether oxygens (including phenoxy) is 2. The Balaban J connectivity index is 1.58. The molecule has 0 aliphatic rings. The summed E-state index contributed by atoms with van der Waals surface area (Å²) in [6, 6.07) is 17.6. The molecule has 0 fully saturated rings. The Kier molecular flexibility index (Phi) is 6.74. The summed E-state index contributed by atoms with van der Waals surface area (Å²) >= 11 is 11.9. The first kappa shape index (κ1) is 20.0. The monoisotopic (exact) mass is 416 g/mol. The van der Waals surface area contributed by atoms with E-state index in [0.717, 1.165) is 5.69 Å². The van der Waals surface area contributed by atoms with Gasteiger partial charge in [-0.25, -0.2) is 0 Å². The van der Waals surface area contributed by atoms with Gasteiger partial charge in [-0.05, 0) is 49.4 Å². The van der Waals surface area contributed by atoms with E-state index in [9.17, 15) is 4.79 Å². The van der Waals surface area contributed by atoms with Crippen molar-refractivity contribution in [1.82, 2.24) is 4.98 Å². The van der Waals surface area contributed by atoms with Crippen LogP contribution in [-0.2, 0) is 11.4 Å². The standard InChI is InChI=1S/C21H18Cl2N2O3/c1-14(28-20-9-8-15(22)11-19(20)23)21(26)25-16-6-4-7-18(12-16)27-13-17-5-2-3-10-24-17/h2-12,14H,13H2,1H3,(H,25,26). The van der Waals surface area contributed by atoms with Gasteiger partial charge in [0.05, 0.1) is 10.7 Å². The molecule has 0 saturated heterocycles. The van der Waals surface area contributed by atoms with Crippen molar-refractivity contribution >= 4 is 34.8 Å². The summed E-state index contributed by atoms with van der Waals surface area (Å²) in [4.78, 5) is 16.6. The van der Waals surface area contributed by atoms with Gasteiger partial charge in [0, 0.05) is 23.0 Å². The lowest BCUT2D eigenvalue weighted by atomic mass is 10.2. The molecule has 1 amide bonds. The van der Waals surface area contributed by atoms with Gasteiger partial charge in [-0.15, -0.1) is 0 Å². The maximum atomic E-state index is 12.4. The van der Waals surface area contributed by atoms with Gasteiger partial charge < -0.3 is 14.8 Å². The van der Waals surface area contributed by atoms with Crippen LogP contribution in [0.4, 0.5) is 5.69 Å². The molecule has 0 radical (unpaired) electrons. The number of amides is 1. The molecule has 3 aromatic rings. The van der Waals surface area contributed by atoms with Crippen molar-refractivity contribution in [1.29, 1.82) is 0 Å². The van der Waals surface area contributed by atoms with E-state index >= 15 is 0 Å². The van der Waals surface area contributed by atoms with Crippen LogP contribution in [0.3, 0.4) is 0 Å². The zero-order valence-electron chi connectivity index (χ0n) is 15.1. The largest absolute Gasteiger partial charge is 0.487 e. The Morgan fingerprint density at radius 1 is 1.11 bits per heavy atom. The highest BCUT2D eigenvalue weighted by molar-refractivity contribution is 6.35. The smallest absolute Gasteiger partial charge is 0.265 e. The van der Waals surface area contributed by atoms with Crippen LogP contribution in [0.1, 0.15) is 12.6 Å². The van der Waals surface area contributed by atoms with Crippen LogP contribution in [0.5, 0.6) is 11.5 Å². The molecule has 0 aliphatic carbocycles. The average Bonchev–Trinajstić information content (AvgIpc) is 2.69. The van der Waals surface area contributed by atoms with E-state index < -0.39 is 6.10 Å². The van der Waals surface area contributed by atoms with Crippen LogP contribution in [0.15, 0.2) is 66.9 Å². The number of anilines is 1. The molecule has 5 nitrogen and oxygen atoms in total. The number of carbonyl (C=O) groups excluding carboxylic acids is 1. The summed E-state index contributed by atoms with van der Waals surface area (Å²) in [6.07, 6.45) is 0.959. The fourth-order valence-electron chi connectivity index (χ4n) is 2.36. The maximum absolute atomic E-state index is 12.4. The van der Waals surface area contributed by atoms with Crippen LogP contribution >= 0.6 is 23.2 Å².